The summed E-state index contributed by atoms with van der Waals surface area (Å²) in [5.41, 5.74) is 0.275. The fraction of sp³-hybridized carbons (Fsp3) is 0.0909. The number of nitrogens with zero attached hydrogens (tertiary/aromatic N) is 1. The van der Waals surface area contributed by atoms with Crippen LogP contribution in [0, 0.1) is 0 Å². The third kappa shape index (κ3) is 4.77. The third-order valence-corrected chi connectivity index (χ3v) is 5.88. The van der Waals surface area contributed by atoms with E-state index in [4.69, 9.17) is 4.42 Å². The molecular formula is C22H13BrF3NO3S. The van der Waals surface area contributed by atoms with Crippen molar-refractivity contribution in [3.8, 4) is 11.3 Å². The lowest BCUT2D eigenvalue weighted by Crippen LogP contribution is -2.27. The number of hydrogen-bond donors (Lipinski definition) is 0. The fourth-order valence-corrected chi connectivity index (χ4v) is 4.28. The zero-order chi connectivity index (χ0) is 22.2. The van der Waals surface area contributed by atoms with Gasteiger partial charge < -0.3 is 4.42 Å². The van der Waals surface area contributed by atoms with Crippen LogP contribution in [0.4, 0.5) is 18.0 Å². The summed E-state index contributed by atoms with van der Waals surface area (Å²) in [5.74, 6) is 0.0399. The van der Waals surface area contributed by atoms with Crippen LogP contribution in [-0.2, 0) is 17.5 Å². The predicted molar refractivity (Wildman–Crippen MR) is 115 cm³/mol. The van der Waals surface area contributed by atoms with E-state index in [1.807, 2.05) is 24.3 Å². The zero-order valence-electron chi connectivity index (χ0n) is 15.7. The first-order valence-corrected chi connectivity index (χ1v) is 10.6. The molecule has 1 aromatic heterocycles. The van der Waals surface area contributed by atoms with E-state index in [1.54, 1.807) is 0 Å². The van der Waals surface area contributed by atoms with E-state index in [1.165, 1.54) is 30.3 Å². The van der Waals surface area contributed by atoms with Crippen LogP contribution in [0.25, 0.3) is 17.4 Å². The Morgan fingerprint density at radius 2 is 1.81 bits per heavy atom. The average Bonchev–Trinajstić information content (AvgIpc) is 3.28. The highest BCUT2D eigenvalue weighted by atomic mass is 79.9. The topological polar surface area (TPSA) is 50.5 Å². The zero-order valence-corrected chi connectivity index (χ0v) is 18.1. The van der Waals surface area contributed by atoms with E-state index in [-0.39, 0.29) is 28.5 Å². The van der Waals surface area contributed by atoms with Crippen molar-refractivity contribution in [1.29, 1.82) is 0 Å². The van der Waals surface area contributed by atoms with Crippen molar-refractivity contribution in [2.75, 3.05) is 0 Å². The van der Waals surface area contributed by atoms with Gasteiger partial charge in [-0.3, -0.25) is 14.5 Å². The maximum atomic E-state index is 12.9. The number of amides is 2. The molecule has 2 amide bonds. The van der Waals surface area contributed by atoms with Crippen molar-refractivity contribution >= 4 is 44.9 Å². The lowest BCUT2D eigenvalue weighted by molar-refractivity contribution is -0.137. The molecule has 0 bridgehead atoms. The van der Waals surface area contributed by atoms with E-state index in [2.05, 4.69) is 15.9 Å². The number of rotatable bonds is 4. The largest absolute Gasteiger partial charge is 0.457 e. The second-order valence-corrected chi connectivity index (χ2v) is 8.59. The monoisotopic (exact) mass is 507 g/mol. The van der Waals surface area contributed by atoms with Crippen LogP contribution in [0.1, 0.15) is 16.9 Å². The Kier molecular flexibility index (Phi) is 5.81. The summed E-state index contributed by atoms with van der Waals surface area (Å²) in [6.45, 7) is 0.134. The van der Waals surface area contributed by atoms with Crippen molar-refractivity contribution in [2.24, 2.45) is 0 Å². The summed E-state index contributed by atoms with van der Waals surface area (Å²) in [6, 6.07) is 15.1. The van der Waals surface area contributed by atoms with Crippen LogP contribution < -0.4 is 0 Å². The molecule has 0 spiro atoms. The van der Waals surface area contributed by atoms with E-state index >= 15 is 0 Å². The number of thioether (sulfide) groups is 1. The van der Waals surface area contributed by atoms with Crippen LogP contribution in [0.2, 0.25) is 0 Å². The molecule has 1 aliphatic rings. The lowest BCUT2D eigenvalue weighted by Gasteiger charge is -2.12. The van der Waals surface area contributed by atoms with E-state index in [0.29, 0.717) is 0 Å². The number of imide groups is 1. The van der Waals surface area contributed by atoms with Gasteiger partial charge in [0.1, 0.15) is 11.5 Å². The van der Waals surface area contributed by atoms with E-state index in [0.717, 1.165) is 38.8 Å². The molecule has 0 atom stereocenters. The van der Waals surface area contributed by atoms with Crippen molar-refractivity contribution in [1.82, 2.24) is 4.90 Å². The molecule has 9 heteroatoms. The molecule has 3 aromatic rings. The smallest absolute Gasteiger partial charge is 0.416 e. The van der Waals surface area contributed by atoms with Crippen molar-refractivity contribution in [3.63, 3.8) is 0 Å². The van der Waals surface area contributed by atoms with Gasteiger partial charge in [-0.2, -0.15) is 13.2 Å². The van der Waals surface area contributed by atoms with Gasteiger partial charge in [0.05, 0.1) is 17.0 Å². The molecule has 1 aliphatic heterocycles. The fourth-order valence-electron chi connectivity index (χ4n) is 3.02. The van der Waals surface area contributed by atoms with Gasteiger partial charge in [0, 0.05) is 16.1 Å². The third-order valence-electron chi connectivity index (χ3n) is 4.48. The average molecular weight is 508 g/mol. The molecule has 4 rings (SSSR count). The first-order valence-electron chi connectivity index (χ1n) is 8.98. The minimum absolute atomic E-state index is 0.134. The summed E-state index contributed by atoms with van der Waals surface area (Å²) in [5, 5.41) is -0.402. The SMILES string of the molecule is O=C1S/C(=C/c2ccc(-c3cccc(C(F)(F)F)c3)o2)C(=O)N1Cc1cccc(Br)c1. The molecule has 0 N–H and O–H groups in total. The molecule has 1 fully saturated rings. The van der Waals surface area contributed by atoms with Gasteiger partial charge in [0.2, 0.25) is 0 Å². The van der Waals surface area contributed by atoms with Gasteiger partial charge in [-0.15, -0.1) is 0 Å². The first kappa shape index (κ1) is 21.5. The number of hydrogen-bond acceptors (Lipinski definition) is 4. The van der Waals surface area contributed by atoms with Gasteiger partial charge in [0.25, 0.3) is 11.1 Å². The van der Waals surface area contributed by atoms with Crippen LogP contribution in [-0.4, -0.2) is 16.0 Å². The molecule has 158 valence electrons. The molecule has 2 aromatic carbocycles. The highest BCUT2D eigenvalue weighted by molar-refractivity contribution is 9.10. The number of furan rings is 1. The number of carbonyl (C=O) groups is 2. The maximum absolute atomic E-state index is 12.9. The molecular weight excluding hydrogens is 495 g/mol. The quantitative estimate of drug-likeness (QED) is 0.358. The molecule has 31 heavy (non-hydrogen) atoms. The highest BCUT2D eigenvalue weighted by Crippen LogP contribution is 2.36. The minimum atomic E-state index is -4.46. The summed E-state index contributed by atoms with van der Waals surface area (Å²) in [6.07, 6.45) is -3.04. The number of halogens is 4. The van der Waals surface area contributed by atoms with Crippen LogP contribution in [0.15, 0.2) is 74.5 Å². The van der Waals surface area contributed by atoms with Gasteiger partial charge >= 0.3 is 6.18 Å². The summed E-state index contributed by atoms with van der Waals surface area (Å²) < 4.78 is 45.2. The molecule has 4 nitrogen and oxygen atoms in total. The minimum Gasteiger partial charge on any atom is -0.457 e. The molecule has 0 radical (unpaired) electrons. The summed E-state index contributed by atoms with van der Waals surface area (Å²) in [7, 11) is 0. The first-order chi connectivity index (χ1) is 14.7. The Bertz CT molecular complexity index is 1200. The second-order valence-electron chi connectivity index (χ2n) is 6.68. The standard InChI is InChI=1S/C22H13BrF3NO3S/c23-16-6-1-3-13(9-16)12-27-20(28)19(31-21(27)29)11-17-7-8-18(30-17)14-4-2-5-15(10-14)22(24,25)26/h1-11H,12H2/b19-11+. The van der Waals surface area contributed by atoms with Crippen molar-refractivity contribution in [2.45, 2.75) is 12.7 Å². The van der Waals surface area contributed by atoms with Crippen LogP contribution in [0.5, 0.6) is 0 Å². The Balaban J connectivity index is 1.54. The predicted octanol–water partition coefficient (Wildman–Crippen LogP) is 6.96. The van der Waals surface area contributed by atoms with Gasteiger partial charge in [0.15, 0.2) is 0 Å². The van der Waals surface area contributed by atoms with E-state index in [9.17, 15) is 22.8 Å². The van der Waals surface area contributed by atoms with Crippen molar-refractivity contribution < 1.29 is 27.2 Å². The van der Waals surface area contributed by atoms with Crippen molar-refractivity contribution in [3.05, 3.63) is 86.9 Å². The molecule has 1 saturated heterocycles. The number of carbonyl (C=O) groups excluding carboxylic acids is 2. The Morgan fingerprint density at radius 1 is 1.03 bits per heavy atom. The van der Waals surface area contributed by atoms with Gasteiger partial charge in [-0.1, -0.05) is 40.2 Å². The maximum Gasteiger partial charge on any atom is 0.416 e. The van der Waals surface area contributed by atoms with Gasteiger partial charge in [-0.05, 0) is 53.7 Å². The molecule has 0 saturated carbocycles. The van der Waals surface area contributed by atoms with Crippen LogP contribution in [0.3, 0.4) is 0 Å². The lowest BCUT2D eigenvalue weighted by atomic mass is 10.1. The van der Waals surface area contributed by atoms with Gasteiger partial charge in [-0.25, -0.2) is 0 Å². The second kappa shape index (κ2) is 8.39. The summed E-state index contributed by atoms with van der Waals surface area (Å²) in [4.78, 5) is 26.3. The Morgan fingerprint density at radius 3 is 2.55 bits per heavy atom. The highest BCUT2D eigenvalue weighted by Gasteiger charge is 2.35. The Hall–Kier alpha value is -2.78. The Labute approximate surface area is 187 Å². The molecule has 2 heterocycles. The molecule has 0 aliphatic carbocycles. The number of benzene rings is 2. The van der Waals surface area contributed by atoms with E-state index < -0.39 is 22.9 Å². The molecule has 0 unspecified atom stereocenters. The number of alkyl halides is 3. The van der Waals surface area contributed by atoms with Crippen LogP contribution >= 0.6 is 27.7 Å². The summed E-state index contributed by atoms with van der Waals surface area (Å²) >= 11 is 4.14. The normalized spacial score (nSPS) is 15.9.